The van der Waals surface area contributed by atoms with Crippen LogP contribution in [0.25, 0.3) is 11.0 Å². The van der Waals surface area contributed by atoms with Crippen molar-refractivity contribution in [3.8, 4) is 5.75 Å². The van der Waals surface area contributed by atoms with Crippen LogP contribution >= 0.6 is 0 Å². The van der Waals surface area contributed by atoms with Crippen LogP contribution in [0.3, 0.4) is 0 Å². The van der Waals surface area contributed by atoms with E-state index in [9.17, 15) is 4.79 Å². The number of para-hydroxylation sites is 2. The Kier molecular flexibility index (Phi) is 5.06. The lowest BCUT2D eigenvalue weighted by Gasteiger charge is -2.08. The van der Waals surface area contributed by atoms with Crippen LogP contribution in [0.15, 0.2) is 78.9 Å². The molecule has 0 bridgehead atoms. The van der Waals surface area contributed by atoms with Gasteiger partial charge in [-0.2, -0.15) is 0 Å². The summed E-state index contributed by atoms with van der Waals surface area (Å²) in [6.07, 6.45) is 0. The summed E-state index contributed by atoms with van der Waals surface area (Å²) in [7, 11) is 1.95. The normalized spacial score (nSPS) is 10.8. The maximum absolute atomic E-state index is 12.4. The van der Waals surface area contributed by atoms with Crippen molar-refractivity contribution in [3.05, 3.63) is 95.8 Å². The van der Waals surface area contributed by atoms with E-state index in [0.717, 1.165) is 28.2 Å². The first-order chi connectivity index (χ1) is 13.7. The highest BCUT2D eigenvalue weighted by Gasteiger charge is 2.10. The lowest BCUT2D eigenvalue weighted by atomic mass is 10.2. The fourth-order valence-corrected chi connectivity index (χ4v) is 3.06. The molecule has 4 rings (SSSR count). The molecule has 0 unspecified atom stereocenters. The Morgan fingerprint density at radius 1 is 0.964 bits per heavy atom. The largest absolute Gasteiger partial charge is 0.489 e. The van der Waals surface area contributed by atoms with E-state index in [1.165, 1.54) is 0 Å². The van der Waals surface area contributed by atoms with Crippen molar-refractivity contribution in [2.45, 2.75) is 13.2 Å². The first kappa shape index (κ1) is 17.8. The standard InChI is InChI=1S/C23H21N3O2/c1-26-21-10-6-5-9-20(21)25-22(26)15-24-23(27)18-11-13-19(14-12-18)28-16-17-7-3-2-4-8-17/h2-14H,15-16H2,1H3,(H,24,27). The smallest absolute Gasteiger partial charge is 0.251 e. The Morgan fingerprint density at radius 3 is 2.43 bits per heavy atom. The number of amides is 1. The zero-order valence-corrected chi connectivity index (χ0v) is 15.6. The fourth-order valence-electron chi connectivity index (χ4n) is 3.06. The summed E-state index contributed by atoms with van der Waals surface area (Å²) in [5.41, 5.74) is 3.67. The molecule has 0 saturated carbocycles. The van der Waals surface area contributed by atoms with Gasteiger partial charge in [-0.1, -0.05) is 42.5 Å². The average molecular weight is 371 g/mol. The highest BCUT2D eigenvalue weighted by atomic mass is 16.5. The number of hydrogen-bond donors (Lipinski definition) is 1. The van der Waals surface area contributed by atoms with Crippen LogP contribution in [0.2, 0.25) is 0 Å². The molecule has 0 fully saturated rings. The Hall–Kier alpha value is -3.60. The number of ether oxygens (including phenoxy) is 1. The molecule has 1 heterocycles. The van der Waals surface area contributed by atoms with E-state index in [4.69, 9.17) is 4.74 Å². The molecule has 0 spiro atoms. The molecule has 1 aromatic heterocycles. The maximum atomic E-state index is 12.4. The van der Waals surface area contributed by atoms with Gasteiger partial charge in [0.1, 0.15) is 18.2 Å². The van der Waals surface area contributed by atoms with Gasteiger partial charge in [0.25, 0.3) is 5.91 Å². The van der Waals surface area contributed by atoms with Crippen LogP contribution in [0.1, 0.15) is 21.7 Å². The number of fused-ring (bicyclic) bond motifs is 1. The van der Waals surface area contributed by atoms with Gasteiger partial charge in [-0.3, -0.25) is 4.79 Å². The van der Waals surface area contributed by atoms with Crippen LogP contribution in [-0.4, -0.2) is 15.5 Å². The van der Waals surface area contributed by atoms with Gasteiger partial charge < -0.3 is 14.6 Å². The molecule has 0 aliphatic rings. The lowest BCUT2D eigenvalue weighted by Crippen LogP contribution is -2.24. The van der Waals surface area contributed by atoms with E-state index in [-0.39, 0.29) is 5.91 Å². The SMILES string of the molecule is Cn1c(CNC(=O)c2ccc(OCc3ccccc3)cc2)nc2ccccc21. The minimum atomic E-state index is -0.137. The summed E-state index contributed by atoms with van der Waals surface area (Å²) in [5, 5.41) is 2.93. The van der Waals surface area contributed by atoms with Crippen molar-refractivity contribution in [3.63, 3.8) is 0 Å². The Balaban J connectivity index is 1.36. The molecular formula is C23H21N3O2. The van der Waals surface area contributed by atoms with Crippen LogP contribution < -0.4 is 10.1 Å². The molecule has 0 atom stereocenters. The van der Waals surface area contributed by atoms with Crippen molar-refractivity contribution in [1.29, 1.82) is 0 Å². The van der Waals surface area contributed by atoms with Gasteiger partial charge in [0.05, 0.1) is 17.6 Å². The maximum Gasteiger partial charge on any atom is 0.251 e. The molecule has 0 radical (unpaired) electrons. The third kappa shape index (κ3) is 3.88. The quantitative estimate of drug-likeness (QED) is 0.556. The molecule has 28 heavy (non-hydrogen) atoms. The van der Waals surface area contributed by atoms with Crippen molar-refractivity contribution in [1.82, 2.24) is 14.9 Å². The number of carbonyl (C=O) groups excluding carboxylic acids is 1. The van der Waals surface area contributed by atoms with Gasteiger partial charge >= 0.3 is 0 Å². The number of nitrogens with one attached hydrogen (secondary N) is 1. The van der Waals surface area contributed by atoms with Gasteiger partial charge in [0.2, 0.25) is 0 Å². The molecule has 0 aliphatic heterocycles. The van der Waals surface area contributed by atoms with E-state index >= 15 is 0 Å². The second-order valence-corrected chi connectivity index (χ2v) is 6.56. The average Bonchev–Trinajstić information content (AvgIpc) is 3.07. The molecule has 140 valence electrons. The Morgan fingerprint density at radius 2 is 1.68 bits per heavy atom. The zero-order chi connectivity index (χ0) is 19.3. The number of imidazole rings is 1. The van der Waals surface area contributed by atoms with E-state index in [1.807, 2.05) is 78.3 Å². The third-order valence-corrected chi connectivity index (χ3v) is 4.65. The lowest BCUT2D eigenvalue weighted by molar-refractivity contribution is 0.0949. The van der Waals surface area contributed by atoms with Crippen molar-refractivity contribution >= 4 is 16.9 Å². The van der Waals surface area contributed by atoms with Crippen LogP contribution in [0.5, 0.6) is 5.75 Å². The van der Waals surface area contributed by atoms with Crippen LogP contribution in [-0.2, 0) is 20.2 Å². The second-order valence-electron chi connectivity index (χ2n) is 6.56. The number of hydrogen-bond acceptors (Lipinski definition) is 3. The number of nitrogens with zero attached hydrogens (tertiary/aromatic N) is 2. The monoisotopic (exact) mass is 371 g/mol. The molecular weight excluding hydrogens is 350 g/mol. The highest BCUT2D eigenvalue weighted by Crippen LogP contribution is 2.16. The minimum Gasteiger partial charge on any atom is -0.489 e. The van der Waals surface area contributed by atoms with E-state index in [0.29, 0.717) is 18.7 Å². The molecule has 0 saturated heterocycles. The van der Waals surface area contributed by atoms with E-state index < -0.39 is 0 Å². The van der Waals surface area contributed by atoms with E-state index in [2.05, 4.69) is 10.3 Å². The first-order valence-corrected chi connectivity index (χ1v) is 9.16. The van der Waals surface area contributed by atoms with Crippen molar-refractivity contribution in [2.75, 3.05) is 0 Å². The topological polar surface area (TPSA) is 56.2 Å². The van der Waals surface area contributed by atoms with Crippen LogP contribution in [0.4, 0.5) is 0 Å². The van der Waals surface area contributed by atoms with Crippen molar-refractivity contribution in [2.24, 2.45) is 7.05 Å². The summed E-state index contributed by atoms with van der Waals surface area (Å²) in [5.74, 6) is 1.41. The van der Waals surface area contributed by atoms with Gasteiger partial charge in [-0.15, -0.1) is 0 Å². The number of carbonyl (C=O) groups is 1. The molecule has 5 nitrogen and oxygen atoms in total. The summed E-state index contributed by atoms with van der Waals surface area (Å²) in [4.78, 5) is 17.0. The minimum absolute atomic E-state index is 0.137. The predicted molar refractivity (Wildman–Crippen MR) is 109 cm³/mol. The molecule has 1 amide bonds. The summed E-state index contributed by atoms with van der Waals surface area (Å²) < 4.78 is 7.76. The molecule has 5 heteroatoms. The third-order valence-electron chi connectivity index (χ3n) is 4.65. The Bertz CT molecular complexity index is 1090. The van der Waals surface area contributed by atoms with Crippen LogP contribution in [0, 0.1) is 0 Å². The first-order valence-electron chi connectivity index (χ1n) is 9.16. The van der Waals surface area contributed by atoms with Gasteiger partial charge in [-0.25, -0.2) is 4.98 Å². The fraction of sp³-hybridized carbons (Fsp3) is 0.130. The summed E-state index contributed by atoms with van der Waals surface area (Å²) >= 11 is 0. The summed E-state index contributed by atoms with van der Waals surface area (Å²) in [6, 6.07) is 25.1. The zero-order valence-electron chi connectivity index (χ0n) is 15.6. The van der Waals surface area contributed by atoms with Crippen molar-refractivity contribution < 1.29 is 9.53 Å². The number of aryl methyl sites for hydroxylation is 1. The summed E-state index contributed by atoms with van der Waals surface area (Å²) in [6.45, 7) is 0.870. The molecule has 4 aromatic rings. The number of rotatable bonds is 6. The van der Waals surface area contributed by atoms with Gasteiger partial charge in [-0.05, 0) is 42.0 Å². The Labute approximate surface area is 163 Å². The highest BCUT2D eigenvalue weighted by molar-refractivity contribution is 5.94. The predicted octanol–water partition coefficient (Wildman–Crippen LogP) is 4.08. The molecule has 3 aromatic carbocycles. The second kappa shape index (κ2) is 7.96. The van der Waals surface area contributed by atoms with Gasteiger partial charge in [0.15, 0.2) is 0 Å². The van der Waals surface area contributed by atoms with Gasteiger partial charge in [0, 0.05) is 12.6 Å². The number of benzene rings is 3. The molecule has 1 N–H and O–H groups in total. The van der Waals surface area contributed by atoms with E-state index in [1.54, 1.807) is 12.1 Å². The number of aromatic nitrogens is 2. The molecule has 0 aliphatic carbocycles.